The van der Waals surface area contributed by atoms with E-state index in [0.717, 1.165) is 0 Å². The van der Waals surface area contributed by atoms with E-state index >= 15 is 0 Å². The Bertz CT molecular complexity index is 386. The van der Waals surface area contributed by atoms with Crippen LogP contribution in [-0.2, 0) is 10.0 Å². The summed E-state index contributed by atoms with van der Waals surface area (Å²) in [6.07, 6.45) is -1.79. The summed E-state index contributed by atoms with van der Waals surface area (Å²) in [7, 11) is -3.68. The van der Waals surface area contributed by atoms with Gasteiger partial charge in [-0.2, -0.15) is 0 Å². The molecule has 6 nitrogen and oxygen atoms in total. The lowest BCUT2D eigenvalue weighted by atomic mass is 10.4. The maximum absolute atomic E-state index is 12.3. The van der Waals surface area contributed by atoms with Crippen molar-refractivity contribution in [2.45, 2.75) is 36.6 Å². The molecule has 9 heteroatoms. The first kappa shape index (κ1) is 12.1. The van der Waals surface area contributed by atoms with Crippen LogP contribution in [0.5, 0.6) is 0 Å². The molecule has 2 fully saturated rings. The summed E-state index contributed by atoms with van der Waals surface area (Å²) < 4.78 is 47.4. The molecule has 2 rings (SSSR count). The predicted molar refractivity (Wildman–Crippen MR) is 49.7 cm³/mol. The molecule has 94 valence electrons. The van der Waals surface area contributed by atoms with E-state index in [1.165, 1.54) is 0 Å². The fraction of sp³-hybridized carbons (Fsp3) is 1.00. The molecule has 2 aliphatic rings. The molecule has 0 aromatic carbocycles. The highest BCUT2D eigenvalue weighted by Gasteiger charge is 2.61. The zero-order chi connectivity index (χ0) is 12.1. The van der Waals surface area contributed by atoms with Gasteiger partial charge in [-0.25, -0.2) is 17.2 Å². The van der Waals surface area contributed by atoms with Gasteiger partial charge in [0.25, 0.3) is 0 Å². The maximum Gasteiger partial charge on any atom is 0.244 e. The van der Waals surface area contributed by atoms with Crippen molar-refractivity contribution in [2.75, 3.05) is 0 Å². The molecule has 0 saturated heterocycles. The lowest BCUT2D eigenvalue weighted by Gasteiger charge is -2.23. The lowest BCUT2D eigenvalue weighted by Crippen LogP contribution is -2.54. The molecule has 2 aliphatic carbocycles. The Morgan fingerprint density at radius 1 is 1.50 bits per heavy atom. The number of rotatable bonds is 5. The van der Waals surface area contributed by atoms with E-state index in [9.17, 15) is 22.4 Å². The summed E-state index contributed by atoms with van der Waals surface area (Å²) in [6, 6.07) is 0. The number of hydrogen-bond acceptors (Lipinski definition) is 5. The van der Waals surface area contributed by atoms with Gasteiger partial charge in [0.15, 0.2) is 0 Å². The molecule has 0 aliphatic heterocycles. The van der Waals surface area contributed by atoms with Crippen molar-refractivity contribution >= 4 is 10.0 Å². The number of alkyl halides is 2. The van der Waals surface area contributed by atoms with Crippen LogP contribution in [0.25, 0.3) is 0 Å². The average molecular weight is 257 g/mol. The van der Waals surface area contributed by atoms with Crippen molar-refractivity contribution in [3.05, 3.63) is 0 Å². The first-order valence-electron chi connectivity index (χ1n) is 4.85. The second kappa shape index (κ2) is 3.57. The molecule has 4 N–H and O–H groups in total. The van der Waals surface area contributed by atoms with Crippen LogP contribution in [0.3, 0.4) is 0 Å². The molecule has 0 bridgehead atoms. The minimum Gasteiger partial charge on any atom is -0.310 e. The molecule has 0 heterocycles. The standard InChI is InChI=1S/C7H13F2N3O3S/c8-6(9)5-3-7(5,10)12(13)11-16(14,15)4-1-2-4/h4-6,11,13H,1-3,10H2/t5-,7-/m0/s1. The molecule has 0 radical (unpaired) electrons. The van der Waals surface area contributed by atoms with Crippen LogP contribution < -0.4 is 10.6 Å². The van der Waals surface area contributed by atoms with Gasteiger partial charge in [0.1, 0.15) is 5.66 Å². The SMILES string of the molecule is N[C@]1(N(O)NS(=O)(=O)C2CC2)C[C@H]1C(F)F. The molecule has 0 unspecified atom stereocenters. The predicted octanol–water partition coefficient (Wildman–Crippen LogP) is -0.386. The van der Waals surface area contributed by atoms with Crippen molar-refractivity contribution in [3.8, 4) is 0 Å². The molecule has 0 aromatic rings. The van der Waals surface area contributed by atoms with Gasteiger partial charge in [-0.1, -0.05) is 5.17 Å². The van der Waals surface area contributed by atoms with Gasteiger partial charge in [0.2, 0.25) is 16.4 Å². The summed E-state index contributed by atoms with van der Waals surface area (Å²) in [5.41, 5.74) is 3.75. The molecular weight excluding hydrogens is 244 g/mol. The molecule has 2 saturated carbocycles. The summed E-state index contributed by atoms with van der Waals surface area (Å²) in [5.74, 6) is -1.21. The van der Waals surface area contributed by atoms with Crippen LogP contribution in [0.1, 0.15) is 19.3 Å². The zero-order valence-electron chi connectivity index (χ0n) is 8.31. The normalized spacial score (nSPS) is 34.8. The largest absolute Gasteiger partial charge is 0.310 e. The van der Waals surface area contributed by atoms with Gasteiger partial charge in [-0.15, -0.1) is 4.83 Å². The topological polar surface area (TPSA) is 95.7 Å². The van der Waals surface area contributed by atoms with E-state index in [1.54, 1.807) is 0 Å². The number of nitrogens with one attached hydrogen (secondary N) is 1. The van der Waals surface area contributed by atoms with Crippen LogP contribution in [0.2, 0.25) is 0 Å². The second-order valence-corrected chi connectivity index (χ2v) is 6.22. The highest BCUT2D eigenvalue weighted by Crippen LogP contribution is 2.46. The molecule has 0 aromatic heterocycles. The Labute approximate surface area is 91.4 Å². The number of hydroxylamine groups is 1. The van der Waals surface area contributed by atoms with Crippen LogP contribution in [0.15, 0.2) is 0 Å². The number of hydrogen-bond donors (Lipinski definition) is 3. The molecule has 0 spiro atoms. The van der Waals surface area contributed by atoms with Gasteiger partial charge in [-0.05, 0) is 19.3 Å². The van der Waals surface area contributed by atoms with Crippen LogP contribution >= 0.6 is 0 Å². The Morgan fingerprint density at radius 3 is 2.44 bits per heavy atom. The lowest BCUT2D eigenvalue weighted by molar-refractivity contribution is -0.168. The van der Waals surface area contributed by atoms with E-state index in [2.05, 4.69) is 0 Å². The number of halogens is 2. The Hall–Kier alpha value is -0.350. The van der Waals surface area contributed by atoms with Gasteiger partial charge in [-0.3, -0.25) is 5.21 Å². The van der Waals surface area contributed by atoms with Gasteiger partial charge < -0.3 is 5.73 Å². The number of nitrogens with zero attached hydrogens (tertiary/aromatic N) is 1. The molecule has 2 atom stereocenters. The maximum atomic E-state index is 12.3. The summed E-state index contributed by atoms with van der Waals surface area (Å²) in [4.78, 5) is 1.81. The van der Waals surface area contributed by atoms with Crippen molar-refractivity contribution in [1.29, 1.82) is 0 Å². The second-order valence-electron chi connectivity index (χ2n) is 4.28. The summed E-state index contributed by atoms with van der Waals surface area (Å²) >= 11 is 0. The number of sulfonamides is 1. The molecule has 16 heavy (non-hydrogen) atoms. The highest BCUT2D eigenvalue weighted by molar-refractivity contribution is 7.90. The molecule has 0 amide bonds. The third-order valence-electron chi connectivity index (χ3n) is 2.90. The third kappa shape index (κ3) is 2.05. The third-order valence-corrected chi connectivity index (χ3v) is 4.68. The van der Waals surface area contributed by atoms with Gasteiger partial charge >= 0.3 is 0 Å². The van der Waals surface area contributed by atoms with E-state index in [-0.39, 0.29) is 11.6 Å². The van der Waals surface area contributed by atoms with Gasteiger partial charge in [0.05, 0.1) is 11.2 Å². The van der Waals surface area contributed by atoms with E-state index in [0.29, 0.717) is 12.8 Å². The fourth-order valence-electron chi connectivity index (χ4n) is 1.50. The van der Waals surface area contributed by atoms with Crippen molar-refractivity contribution in [2.24, 2.45) is 11.7 Å². The van der Waals surface area contributed by atoms with Crippen LogP contribution in [-0.4, -0.2) is 36.1 Å². The van der Waals surface area contributed by atoms with Crippen LogP contribution in [0.4, 0.5) is 8.78 Å². The van der Waals surface area contributed by atoms with E-state index < -0.39 is 33.3 Å². The summed E-state index contributed by atoms with van der Waals surface area (Å²) in [5, 5.41) is 8.93. The first-order chi connectivity index (χ1) is 7.27. The smallest absolute Gasteiger partial charge is 0.244 e. The van der Waals surface area contributed by atoms with Crippen molar-refractivity contribution in [3.63, 3.8) is 0 Å². The minimum absolute atomic E-state index is 0.109. The first-order valence-corrected chi connectivity index (χ1v) is 6.39. The van der Waals surface area contributed by atoms with Crippen LogP contribution in [0, 0.1) is 5.92 Å². The minimum atomic E-state index is -3.68. The Balaban J connectivity index is 1.97. The quantitative estimate of drug-likeness (QED) is 0.460. The van der Waals surface area contributed by atoms with Crippen molar-refractivity contribution in [1.82, 2.24) is 10.0 Å². The van der Waals surface area contributed by atoms with E-state index in [1.807, 2.05) is 4.83 Å². The summed E-state index contributed by atoms with van der Waals surface area (Å²) in [6.45, 7) is 0. The fourth-order valence-corrected chi connectivity index (χ4v) is 2.82. The molecular formula is C7H13F2N3O3S. The number of nitrogens with two attached hydrogens (primary N) is 1. The highest BCUT2D eigenvalue weighted by atomic mass is 32.2. The van der Waals surface area contributed by atoms with E-state index in [4.69, 9.17) is 5.73 Å². The Morgan fingerprint density at radius 2 is 2.06 bits per heavy atom. The average Bonchev–Trinajstić information content (AvgIpc) is 2.95. The Kier molecular flexibility index (Phi) is 2.70. The van der Waals surface area contributed by atoms with Gasteiger partial charge in [0, 0.05) is 0 Å². The van der Waals surface area contributed by atoms with Crippen molar-refractivity contribution < 1.29 is 22.4 Å². The zero-order valence-corrected chi connectivity index (χ0v) is 9.12. The monoisotopic (exact) mass is 257 g/mol. The number of hydrazine groups is 1.